The predicted octanol–water partition coefficient (Wildman–Crippen LogP) is 2.60. The predicted molar refractivity (Wildman–Crippen MR) is 86.7 cm³/mol. The molecular formula is C17H25NO5. The van der Waals surface area contributed by atoms with Gasteiger partial charge in [0.1, 0.15) is 0 Å². The van der Waals surface area contributed by atoms with Gasteiger partial charge >= 0.3 is 5.97 Å². The lowest BCUT2D eigenvalue weighted by Gasteiger charge is -2.21. The van der Waals surface area contributed by atoms with Crippen LogP contribution in [0.1, 0.15) is 39.2 Å². The Morgan fingerprint density at radius 3 is 2.48 bits per heavy atom. The molecule has 1 amide bonds. The molecular weight excluding hydrogens is 298 g/mol. The van der Waals surface area contributed by atoms with Crippen molar-refractivity contribution in [3.05, 3.63) is 23.8 Å². The normalized spacial score (nSPS) is 11.0. The van der Waals surface area contributed by atoms with E-state index in [2.05, 4.69) is 5.32 Å². The van der Waals surface area contributed by atoms with Gasteiger partial charge in [-0.3, -0.25) is 9.59 Å². The van der Waals surface area contributed by atoms with Crippen LogP contribution in [0.25, 0.3) is 0 Å². The maximum absolute atomic E-state index is 12.0. The molecule has 1 aromatic carbocycles. The van der Waals surface area contributed by atoms with E-state index in [1.165, 1.54) is 0 Å². The SMILES string of the molecule is CCOc1cc(CNC(=O)CC(C)(C)CC(=O)O)ccc1OC. The topological polar surface area (TPSA) is 84.9 Å². The summed E-state index contributed by atoms with van der Waals surface area (Å²) in [6, 6.07) is 5.47. The highest BCUT2D eigenvalue weighted by Crippen LogP contribution is 2.28. The number of ether oxygens (including phenoxy) is 2. The summed E-state index contributed by atoms with van der Waals surface area (Å²) in [6.07, 6.45) is 0.116. The van der Waals surface area contributed by atoms with E-state index in [1.807, 2.05) is 19.1 Å². The zero-order valence-corrected chi connectivity index (χ0v) is 14.1. The molecule has 0 aliphatic rings. The maximum Gasteiger partial charge on any atom is 0.303 e. The first-order valence-corrected chi connectivity index (χ1v) is 7.55. The first-order chi connectivity index (χ1) is 10.8. The molecule has 0 aliphatic carbocycles. The van der Waals surface area contributed by atoms with Crippen molar-refractivity contribution >= 4 is 11.9 Å². The van der Waals surface area contributed by atoms with Crippen LogP contribution in [-0.4, -0.2) is 30.7 Å². The van der Waals surface area contributed by atoms with Crippen molar-refractivity contribution < 1.29 is 24.2 Å². The van der Waals surface area contributed by atoms with E-state index in [1.54, 1.807) is 27.0 Å². The minimum absolute atomic E-state index is 0.0442. The molecule has 6 heteroatoms. The molecule has 0 aromatic heterocycles. The number of carboxylic acids is 1. The largest absolute Gasteiger partial charge is 0.493 e. The number of amides is 1. The van der Waals surface area contributed by atoms with Crippen LogP contribution in [0, 0.1) is 5.41 Å². The Hall–Kier alpha value is -2.24. The van der Waals surface area contributed by atoms with E-state index >= 15 is 0 Å². The number of hydrogen-bond donors (Lipinski definition) is 2. The fourth-order valence-corrected chi connectivity index (χ4v) is 2.27. The van der Waals surface area contributed by atoms with Gasteiger partial charge in [-0.05, 0) is 30.0 Å². The summed E-state index contributed by atoms with van der Waals surface area (Å²) >= 11 is 0. The van der Waals surface area contributed by atoms with E-state index in [0.29, 0.717) is 24.7 Å². The second-order valence-electron chi connectivity index (χ2n) is 6.11. The summed E-state index contributed by atoms with van der Waals surface area (Å²) in [4.78, 5) is 22.8. The molecule has 1 rings (SSSR count). The summed E-state index contributed by atoms with van der Waals surface area (Å²) in [7, 11) is 1.57. The molecule has 2 N–H and O–H groups in total. The van der Waals surface area contributed by atoms with E-state index in [-0.39, 0.29) is 18.7 Å². The van der Waals surface area contributed by atoms with Crippen LogP contribution in [0.5, 0.6) is 11.5 Å². The van der Waals surface area contributed by atoms with Crippen LogP contribution in [0.4, 0.5) is 0 Å². The standard InChI is InChI=1S/C17H25NO5/c1-5-23-14-8-12(6-7-13(14)22-4)11-18-15(19)9-17(2,3)10-16(20)21/h6-8H,5,9-11H2,1-4H3,(H,18,19)(H,20,21). The highest BCUT2D eigenvalue weighted by atomic mass is 16.5. The van der Waals surface area contributed by atoms with Gasteiger partial charge in [0.15, 0.2) is 11.5 Å². The number of rotatable bonds is 9. The second kappa shape index (κ2) is 8.41. The highest BCUT2D eigenvalue weighted by molar-refractivity contribution is 5.77. The lowest BCUT2D eigenvalue weighted by atomic mass is 9.85. The minimum atomic E-state index is -0.903. The molecule has 0 saturated heterocycles. The molecule has 0 unspecified atom stereocenters. The van der Waals surface area contributed by atoms with Crippen molar-refractivity contribution in [2.45, 2.75) is 40.2 Å². The van der Waals surface area contributed by atoms with Gasteiger partial charge in [0.05, 0.1) is 20.1 Å². The number of hydrogen-bond acceptors (Lipinski definition) is 4. The second-order valence-corrected chi connectivity index (χ2v) is 6.11. The van der Waals surface area contributed by atoms with Crippen molar-refractivity contribution in [2.75, 3.05) is 13.7 Å². The Morgan fingerprint density at radius 1 is 1.22 bits per heavy atom. The third-order valence-corrected chi connectivity index (χ3v) is 3.29. The average Bonchev–Trinajstić information content (AvgIpc) is 2.43. The summed E-state index contributed by atoms with van der Waals surface area (Å²) in [6.45, 7) is 6.29. The van der Waals surface area contributed by atoms with Gasteiger partial charge in [-0.15, -0.1) is 0 Å². The molecule has 0 bridgehead atoms. The number of methoxy groups -OCH3 is 1. The highest BCUT2D eigenvalue weighted by Gasteiger charge is 2.25. The number of nitrogens with one attached hydrogen (secondary N) is 1. The first kappa shape index (κ1) is 18.8. The van der Waals surface area contributed by atoms with E-state index in [4.69, 9.17) is 14.6 Å². The molecule has 1 aromatic rings. The van der Waals surface area contributed by atoms with E-state index < -0.39 is 11.4 Å². The van der Waals surface area contributed by atoms with Crippen molar-refractivity contribution in [1.29, 1.82) is 0 Å². The Balaban J connectivity index is 2.62. The third kappa shape index (κ3) is 6.59. The van der Waals surface area contributed by atoms with Crippen LogP contribution in [0.15, 0.2) is 18.2 Å². The number of aliphatic carboxylic acids is 1. The van der Waals surface area contributed by atoms with Gasteiger partial charge in [-0.1, -0.05) is 19.9 Å². The lowest BCUT2D eigenvalue weighted by molar-refractivity contribution is -0.139. The molecule has 128 valence electrons. The number of carbonyl (C=O) groups excluding carboxylic acids is 1. The summed E-state index contributed by atoms with van der Waals surface area (Å²) < 4.78 is 10.7. The van der Waals surface area contributed by atoms with Crippen LogP contribution in [0.3, 0.4) is 0 Å². The van der Waals surface area contributed by atoms with E-state index in [9.17, 15) is 9.59 Å². The van der Waals surface area contributed by atoms with Crippen LogP contribution in [-0.2, 0) is 16.1 Å². The first-order valence-electron chi connectivity index (χ1n) is 7.55. The third-order valence-electron chi connectivity index (χ3n) is 3.29. The van der Waals surface area contributed by atoms with Gasteiger partial charge in [-0.2, -0.15) is 0 Å². The molecule has 0 heterocycles. The smallest absolute Gasteiger partial charge is 0.303 e. The maximum atomic E-state index is 12.0. The van der Waals surface area contributed by atoms with Gasteiger partial charge in [-0.25, -0.2) is 0 Å². The number of carboxylic acid groups (broad SMARTS) is 1. The van der Waals surface area contributed by atoms with Gasteiger partial charge in [0.25, 0.3) is 0 Å². The Labute approximate surface area is 136 Å². The molecule has 23 heavy (non-hydrogen) atoms. The van der Waals surface area contributed by atoms with Crippen molar-refractivity contribution in [1.82, 2.24) is 5.32 Å². The molecule has 0 fully saturated rings. The van der Waals surface area contributed by atoms with Crippen molar-refractivity contribution in [2.24, 2.45) is 5.41 Å². The monoisotopic (exact) mass is 323 g/mol. The Kier molecular flexibility index (Phi) is 6.88. The summed E-state index contributed by atoms with van der Waals surface area (Å²) in [5.74, 6) is 0.196. The quantitative estimate of drug-likeness (QED) is 0.729. The van der Waals surface area contributed by atoms with Crippen LogP contribution < -0.4 is 14.8 Å². The molecule has 0 radical (unpaired) electrons. The van der Waals surface area contributed by atoms with Crippen LogP contribution >= 0.6 is 0 Å². The zero-order chi connectivity index (χ0) is 17.5. The van der Waals surface area contributed by atoms with Gasteiger partial charge in [0, 0.05) is 13.0 Å². The lowest BCUT2D eigenvalue weighted by Crippen LogP contribution is -2.29. The summed E-state index contributed by atoms with van der Waals surface area (Å²) in [5, 5.41) is 11.6. The molecule has 0 aliphatic heterocycles. The van der Waals surface area contributed by atoms with Crippen molar-refractivity contribution in [3.8, 4) is 11.5 Å². The average molecular weight is 323 g/mol. The molecule has 0 spiro atoms. The Morgan fingerprint density at radius 2 is 1.91 bits per heavy atom. The van der Waals surface area contributed by atoms with Gasteiger partial charge in [0.2, 0.25) is 5.91 Å². The minimum Gasteiger partial charge on any atom is -0.493 e. The fourth-order valence-electron chi connectivity index (χ4n) is 2.27. The number of carbonyl (C=O) groups is 2. The molecule has 6 nitrogen and oxygen atoms in total. The fraction of sp³-hybridized carbons (Fsp3) is 0.529. The Bertz CT molecular complexity index is 554. The summed E-state index contributed by atoms with van der Waals surface area (Å²) in [5.41, 5.74) is 0.311. The number of benzene rings is 1. The zero-order valence-electron chi connectivity index (χ0n) is 14.1. The van der Waals surface area contributed by atoms with E-state index in [0.717, 1.165) is 5.56 Å². The van der Waals surface area contributed by atoms with Crippen LogP contribution in [0.2, 0.25) is 0 Å². The van der Waals surface area contributed by atoms with Gasteiger partial charge < -0.3 is 19.9 Å². The van der Waals surface area contributed by atoms with Crippen molar-refractivity contribution in [3.63, 3.8) is 0 Å². The molecule has 0 saturated carbocycles. The molecule has 0 atom stereocenters.